The summed E-state index contributed by atoms with van der Waals surface area (Å²) in [7, 11) is 0. The Labute approximate surface area is 165 Å². The molecule has 0 saturated carbocycles. The first-order chi connectivity index (χ1) is 13.3. The average molecular weight is 422 g/mol. The van der Waals surface area contributed by atoms with Crippen LogP contribution in [-0.4, -0.2) is 10.3 Å². The number of rotatable bonds is 5. The molecule has 27 heavy (non-hydrogen) atoms. The number of hydrogen-bond acceptors (Lipinski definition) is 4. The van der Waals surface area contributed by atoms with E-state index in [1.54, 1.807) is 0 Å². The summed E-state index contributed by atoms with van der Waals surface area (Å²) in [6.45, 7) is -0.169. The minimum Gasteiger partial charge on any atom is -0.457 e. The van der Waals surface area contributed by atoms with Crippen molar-refractivity contribution in [3.05, 3.63) is 88.9 Å². The van der Waals surface area contributed by atoms with Crippen LogP contribution in [0.4, 0.5) is 0 Å². The van der Waals surface area contributed by atoms with Gasteiger partial charge in [-0.25, -0.2) is 0 Å². The second-order valence-electron chi connectivity index (χ2n) is 5.92. The first-order valence-electron chi connectivity index (χ1n) is 8.44. The molecule has 0 aliphatic carbocycles. The van der Waals surface area contributed by atoms with Crippen LogP contribution in [0.3, 0.4) is 0 Å². The highest BCUT2D eigenvalue weighted by molar-refractivity contribution is 9.10. The normalized spacial score (nSPS) is 10.7. The van der Waals surface area contributed by atoms with Crippen LogP contribution in [0.2, 0.25) is 0 Å². The number of hydrogen-bond donors (Lipinski definition) is 1. The molecule has 1 heterocycles. The lowest BCUT2D eigenvalue weighted by Gasteiger charge is -2.06. The van der Waals surface area contributed by atoms with Crippen molar-refractivity contribution in [1.82, 2.24) is 5.16 Å². The summed E-state index contributed by atoms with van der Waals surface area (Å²) in [5, 5.41) is 14.1. The number of halogens is 1. The summed E-state index contributed by atoms with van der Waals surface area (Å²) < 4.78 is 12.3. The number of ether oxygens (including phenoxy) is 1. The van der Waals surface area contributed by atoms with Crippen molar-refractivity contribution in [2.45, 2.75) is 6.61 Å². The van der Waals surface area contributed by atoms with Crippen LogP contribution in [0.15, 0.2) is 87.9 Å². The monoisotopic (exact) mass is 421 g/mol. The second kappa shape index (κ2) is 7.78. The molecule has 0 spiro atoms. The minimum absolute atomic E-state index is 0.169. The second-order valence-corrected chi connectivity index (χ2v) is 6.77. The zero-order chi connectivity index (χ0) is 18.6. The first-order valence-corrected chi connectivity index (χ1v) is 9.23. The number of para-hydroxylation sites is 1. The molecule has 4 nitrogen and oxygen atoms in total. The highest BCUT2D eigenvalue weighted by Gasteiger charge is 2.19. The van der Waals surface area contributed by atoms with E-state index in [1.165, 1.54) is 0 Å². The van der Waals surface area contributed by atoms with E-state index < -0.39 is 0 Å². The molecule has 0 bridgehead atoms. The van der Waals surface area contributed by atoms with Crippen LogP contribution in [0.25, 0.3) is 22.6 Å². The van der Waals surface area contributed by atoms with Crippen molar-refractivity contribution >= 4 is 15.9 Å². The molecule has 0 amide bonds. The summed E-state index contributed by atoms with van der Waals surface area (Å²) in [6, 6.07) is 24.8. The number of aliphatic hydroxyl groups excluding tert-OH is 1. The van der Waals surface area contributed by atoms with E-state index in [4.69, 9.17) is 9.26 Å². The summed E-state index contributed by atoms with van der Waals surface area (Å²) in [4.78, 5) is 0. The van der Waals surface area contributed by atoms with E-state index >= 15 is 0 Å². The molecule has 0 unspecified atom stereocenters. The third-order valence-electron chi connectivity index (χ3n) is 4.17. The number of nitrogens with zero attached hydrogens (tertiary/aromatic N) is 1. The van der Waals surface area contributed by atoms with E-state index in [-0.39, 0.29) is 6.61 Å². The first kappa shape index (κ1) is 17.5. The molecule has 0 radical (unpaired) electrons. The molecule has 1 aromatic heterocycles. The Balaban J connectivity index is 1.65. The molecule has 5 heteroatoms. The van der Waals surface area contributed by atoms with Crippen molar-refractivity contribution in [3.63, 3.8) is 0 Å². The lowest BCUT2D eigenvalue weighted by Crippen LogP contribution is -1.90. The quantitative estimate of drug-likeness (QED) is 0.425. The van der Waals surface area contributed by atoms with E-state index in [9.17, 15) is 5.11 Å². The Morgan fingerprint density at radius 3 is 2.22 bits per heavy atom. The fourth-order valence-corrected chi connectivity index (χ4v) is 3.31. The van der Waals surface area contributed by atoms with Gasteiger partial charge in [-0.2, -0.15) is 0 Å². The summed E-state index contributed by atoms with van der Waals surface area (Å²) >= 11 is 3.52. The zero-order valence-corrected chi connectivity index (χ0v) is 15.9. The SMILES string of the molecule is OCc1c(-c2ccc(Oc3ccccc3)cc2)noc1-c1ccccc1Br. The van der Waals surface area contributed by atoms with Gasteiger partial charge in [0.25, 0.3) is 0 Å². The Morgan fingerprint density at radius 1 is 0.852 bits per heavy atom. The maximum atomic E-state index is 9.91. The van der Waals surface area contributed by atoms with E-state index in [0.717, 1.165) is 27.1 Å². The molecule has 0 atom stereocenters. The van der Waals surface area contributed by atoms with Gasteiger partial charge in [0.15, 0.2) is 5.76 Å². The van der Waals surface area contributed by atoms with Gasteiger partial charge in [-0.15, -0.1) is 0 Å². The van der Waals surface area contributed by atoms with Crippen LogP contribution >= 0.6 is 15.9 Å². The summed E-state index contributed by atoms with van der Waals surface area (Å²) in [6.07, 6.45) is 0. The van der Waals surface area contributed by atoms with Gasteiger partial charge in [-0.05, 0) is 48.5 Å². The highest BCUT2D eigenvalue weighted by atomic mass is 79.9. The lowest BCUT2D eigenvalue weighted by molar-refractivity contribution is 0.281. The van der Waals surface area contributed by atoms with Gasteiger partial charge in [0.05, 0.1) is 12.2 Å². The van der Waals surface area contributed by atoms with Crippen LogP contribution in [0, 0.1) is 0 Å². The molecule has 4 rings (SSSR count). The number of benzene rings is 3. The Bertz CT molecular complexity index is 1040. The largest absolute Gasteiger partial charge is 0.457 e. The fourth-order valence-electron chi connectivity index (χ4n) is 2.85. The van der Waals surface area contributed by atoms with Crippen molar-refractivity contribution in [3.8, 4) is 34.1 Å². The number of aliphatic hydroxyl groups is 1. The predicted molar refractivity (Wildman–Crippen MR) is 108 cm³/mol. The van der Waals surface area contributed by atoms with Crippen molar-refractivity contribution in [2.75, 3.05) is 0 Å². The molecule has 0 saturated heterocycles. The van der Waals surface area contributed by atoms with E-state index in [2.05, 4.69) is 21.1 Å². The number of aromatic nitrogens is 1. The molecule has 0 aliphatic heterocycles. The van der Waals surface area contributed by atoms with Crippen LogP contribution in [-0.2, 0) is 6.61 Å². The predicted octanol–water partition coefficient (Wildman–Crippen LogP) is 6.06. The smallest absolute Gasteiger partial charge is 0.174 e. The van der Waals surface area contributed by atoms with Gasteiger partial charge >= 0.3 is 0 Å². The van der Waals surface area contributed by atoms with E-state index in [1.807, 2.05) is 78.9 Å². The molecular weight excluding hydrogens is 406 g/mol. The molecule has 1 N–H and O–H groups in total. The van der Waals surface area contributed by atoms with Gasteiger partial charge < -0.3 is 14.4 Å². The molecule has 134 valence electrons. The Kier molecular flexibility index (Phi) is 5.05. The lowest BCUT2D eigenvalue weighted by atomic mass is 10.0. The van der Waals surface area contributed by atoms with Gasteiger partial charge in [-0.1, -0.05) is 51.4 Å². The molecule has 0 fully saturated rings. The molecule has 0 aliphatic rings. The zero-order valence-electron chi connectivity index (χ0n) is 14.3. The third kappa shape index (κ3) is 3.65. The topological polar surface area (TPSA) is 55.5 Å². The van der Waals surface area contributed by atoms with Crippen molar-refractivity contribution in [2.24, 2.45) is 0 Å². The van der Waals surface area contributed by atoms with Gasteiger partial charge in [-0.3, -0.25) is 0 Å². The molecule has 4 aromatic rings. The fraction of sp³-hybridized carbons (Fsp3) is 0.0455. The van der Waals surface area contributed by atoms with Crippen molar-refractivity contribution < 1.29 is 14.4 Å². The minimum atomic E-state index is -0.169. The van der Waals surface area contributed by atoms with Gasteiger partial charge in [0.1, 0.15) is 17.2 Å². The van der Waals surface area contributed by atoms with E-state index in [0.29, 0.717) is 17.0 Å². The maximum absolute atomic E-state index is 9.91. The third-order valence-corrected chi connectivity index (χ3v) is 4.86. The van der Waals surface area contributed by atoms with Gasteiger partial charge in [0, 0.05) is 15.6 Å². The highest BCUT2D eigenvalue weighted by Crippen LogP contribution is 2.36. The van der Waals surface area contributed by atoms with Crippen LogP contribution in [0.5, 0.6) is 11.5 Å². The van der Waals surface area contributed by atoms with Crippen LogP contribution in [0.1, 0.15) is 5.56 Å². The van der Waals surface area contributed by atoms with Crippen molar-refractivity contribution in [1.29, 1.82) is 0 Å². The average Bonchev–Trinajstić information content (AvgIpc) is 3.13. The summed E-state index contributed by atoms with van der Waals surface area (Å²) in [5.74, 6) is 2.06. The van der Waals surface area contributed by atoms with Gasteiger partial charge in [0.2, 0.25) is 0 Å². The Hall–Kier alpha value is -2.89. The maximum Gasteiger partial charge on any atom is 0.174 e. The standard InChI is InChI=1S/C22H16BrNO3/c23-20-9-5-4-8-18(20)22-19(14-25)21(24-27-22)15-10-12-17(13-11-15)26-16-6-2-1-3-7-16/h1-13,25H,14H2. The Morgan fingerprint density at radius 2 is 1.52 bits per heavy atom. The molecular formula is C22H16BrNO3. The molecule has 3 aromatic carbocycles. The van der Waals surface area contributed by atoms with Crippen LogP contribution < -0.4 is 4.74 Å². The summed E-state index contributed by atoms with van der Waals surface area (Å²) in [5.41, 5.74) is 2.97.